The van der Waals surface area contributed by atoms with E-state index in [1.165, 1.54) is 25.1 Å². The number of pyridine rings is 1. The van der Waals surface area contributed by atoms with Gasteiger partial charge in [-0.1, -0.05) is 11.8 Å². The van der Waals surface area contributed by atoms with E-state index in [4.69, 9.17) is 9.84 Å². The van der Waals surface area contributed by atoms with Gasteiger partial charge in [0.2, 0.25) is 0 Å². The first-order chi connectivity index (χ1) is 7.75. The molecule has 2 rings (SSSR count). The number of carboxylic acid groups (broad SMARTS) is 1. The molecule has 1 heterocycles. The van der Waals surface area contributed by atoms with Gasteiger partial charge in [0, 0.05) is 5.92 Å². The molecule has 1 aliphatic rings. The molecule has 0 unspecified atom stereocenters. The summed E-state index contributed by atoms with van der Waals surface area (Å²) < 4.78 is 5.29. The number of hydrogen-bond acceptors (Lipinski definition) is 3. The van der Waals surface area contributed by atoms with Crippen LogP contribution in [0, 0.1) is 17.8 Å². The molecule has 0 saturated heterocycles. The van der Waals surface area contributed by atoms with E-state index >= 15 is 0 Å². The van der Waals surface area contributed by atoms with Crippen molar-refractivity contribution in [1.29, 1.82) is 0 Å². The molecule has 4 nitrogen and oxygen atoms in total. The Kier molecular flexibility index (Phi) is 3.06. The molecule has 1 saturated carbocycles. The smallest absolute Gasteiger partial charge is 0.354 e. The van der Waals surface area contributed by atoms with Crippen LogP contribution in [0.25, 0.3) is 0 Å². The Hall–Kier alpha value is -2.02. The van der Waals surface area contributed by atoms with Crippen molar-refractivity contribution < 1.29 is 14.6 Å². The summed E-state index contributed by atoms with van der Waals surface area (Å²) in [5.74, 6) is 6.05. The van der Waals surface area contributed by atoms with Crippen LogP contribution in [-0.2, 0) is 0 Å². The van der Waals surface area contributed by atoms with E-state index in [0.29, 0.717) is 18.3 Å². The first kappa shape index (κ1) is 10.5. The number of aromatic nitrogens is 1. The lowest BCUT2D eigenvalue weighted by Crippen LogP contribution is -2.00. The van der Waals surface area contributed by atoms with Crippen molar-refractivity contribution >= 4 is 5.97 Å². The van der Waals surface area contributed by atoms with Gasteiger partial charge < -0.3 is 9.84 Å². The molecular weight excluding hydrogens is 206 g/mol. The number of carbonyl (C=O) groups is 1. The zero-order chi connectivity index (χ0) is 11.4. The Balaban J connectivity index is 1.85. The predicted molar refractivity (Wildman–Crippen MR) is 57.2 cm³/mol. The molecule has 1 N–H and O–H groups in total. The van der Waals surface area contributed by atoms with Crippen LogP contribution in [0.4, 0.5) is 0 Å². The van der Waals surface area contributed by atoms with E-state index in [0.717, 1.165) is 0 Å². The summed E-state index contributed by atoms with van der Waals surface area (Å²) in [7, 11) is 0. The van der Waals surface area contributed by atoms with Gasteiger partial charge in [0.15, 0.2) is 0 Å². The van der Waals surface area contributed by atoms with E-state index in [9.17, 15) is 4.79 Å². The molecule has 1 aromatic rings. The molecule has 0 atom stereocenters. The van der Waals surface area contributed by atoms with Crippen LogP contribution in [0.1, 0.15) is 23.3 Å². The van der Waals surface area contributed by atoms with Crippen molar-refractivity contribution in [1.82, 2.24) is 4.98 Å². The molecular formula is C12H11NO3. The van der Waals surface area contributed by atoms with Crippen molar-refractivity contribution in [2.75, 3.05) is 6.61 Å². The summed E-state index contributed by atoms with van der Waals surface area (Å²) in [6.45, 7) is 0.324. The van der Waals surface area contributed by atoms with Gasteiger partial charge in [-0.25, -0.2) is 9.78 Å². The van der Waals surface area contributed by atoms with Crippen LogP contribution < -0.4 is 4.74 Å². The molecule has 0 amide bonds. The predicted octanol–water partition coefficient (Wildman–Crippen LogP) is 1.57. The van der Waals surface area contributed by atoms with E-state index in [2.05, 4.69) is 16.8 Å². The van der Waals surface area contributed by atoms with Crippen molar-refractivity contribution in [3.8, 4) is 17.6 Å². The highest BCUT2D eigenvalue weighted by Gasteiger charge is 2.17. The average molecular weight is 217 g/mol. The second-order valence-corrected chi connectivity index (χ2v) is 3.57. The van der Waals surface area contributed by atoms with E-state index in [1.807, 2.05) is 0 Å². The molecule has 0 aromatic carbocycles. The molecule has 0 bridgehead atoms. The van der Waals surface area contributed by atoms with Gasteiger partial charge in [-0.15, -0.1) is 0 Å². The van der Waals surface area contributed by atoms with Gasteiger partial charge in [-0.3, -0.25) is 0 Å². The first-order valence-electron chi connectivity index (χ1n) is 5.06. The van der Waals surface area contributed by atoms with Crippen LogP contribution in [0.5, 0.6) is 5.75 Å². The molecule has 16 heavy (non-hydrogen) atoms. The summed E-state index contributed by atoms with van der Waals surface area (Å²) >= 11 is 0. The number of carboxylic acids is 1. The Bertz CT molecular complexity index is 438. The quantitative estimate of drug-likeness (QED) is 0.781. The SMILES string of the molecule is O=C(O)c1ccc(OCC#CC2CC2)cn1. The van der Waals surface area contributed by atoms with E-state index in [-0.39, 0.29) is 5.69 Å². The maximum Gasteiger partial charge on any atom is 0.354 e. The van der Waals surface area contributed by atoms with Gasteiger partial charge in [0.05, 0.1) is 6.20 Å². The zero-order valence-electron chi connectivity index (χ0n) is 8.64. The maximum atomic E-state index is 10.5. The minimum Gasteiger partial charge on any atom is -0.479 e. The Morgan fingerprint density at radius 2 is 2.38 bits per heavy atom. The average Bonchev–Trinajstić information content (AvgIpc) is 3.09. The minimum absolute atomic E-state index is 0.0106. The molecule has 0 radical (unpaired) electrons. The first-order valence-corrected chi connectivity index (χ1v) is 5.06. The summed E-state index contributed by atoms with van der Waals surface area (Å²) in [4.78, 5) is 14.3. The van der Waals surface area contributed by atoms with Crippen LogP contribution >= 0.6 is 0 Å². The van der Waals surface area contributed by atoms with Gasteiger partial charge in [0.25, 0.3) is 0 Å². The molecule has 0 aliphatic heterocycles. The summed E-state index contributed by atoms with van der Waals surface area (Å²) in [6, 6.07) is 2.99. The number of ether oxygens (including phenoxy) is 1. The van der Waals surface area contributed by atoms with Crippen molar-refractivity contribution in [3.63, 3.8) is 0 Å². The van der Waals surface area contributed by atoms with E-state index < -0.39 is 5.97 Å². The molecule has 1 fully saturated rings. The Labute approximate surface area is 93.3 Å². The summed E-state index contributed by atoms with van der Waals surface area (Å²) in [5, 5.41) is 8.63. The fraction of sp³-hybridized carbons (Fsp3) is 0.333. The van der Waals surface area contributed by atoms with Gasteiger partial charge in [-0.05, 0) is 25.0 Å². The molecule has 4 heteroatoms. The van der Waals surface area contributed by atoms with Crippen LogP contribution in [0.15, 0.2) is 18.3 Å². The fourth-order valence-corrected chi connectivity index (χ4v) is 1.13. The lowest BCUT2D eigenvalue weighted by molar-refractivity contribution is 0.0690. The number of hydrogen-bond donors (Lipinski definition) is 1. The second-order valence-electron chi connectivity index (χ2n) is 3.57. The second kappa shape index (κ2) is 4.67. The van der Waals surface area contributed by atoms with Crippen LogP contribution in [0.3, 0.4) is 0 Å². The molecule has 1 aromatic heterocycles. The molecule has 82 valence electrons. The van der Waals surface area contributed by atoms with Gasteiger partial charge in [-0.2, -0.15) is 0 Å². The number of nitrogens with zero attached hydrogens (tertiary/aromatic N) is 1. The van der Waals surface area contributed by atoms with Crippen molar-refractivity contribution in [2.24, 2.45) is 5.92 Å². The monoisotopic (exact) mass is 217 g/mol. The van der Waals surface area contributed by atoms with Gasteiger partial charge >= 0.3 is 5.97 Å². The summed E-state index contributed by atoms with van der Waals surface area (Å²) in [5.41, 5.74) is 0.0106. The van der Waals surface area contributed by atoms with Crippen molar-refractivity contribution in [2.45, 2.75) is 12.8 Å². The largest absolute Gasteiger partial charge is 0.479 e. The number of aromatic carboxylic acids is 1. The third-order valence-electron chi connectivity index (χ3n) is 2.15. The Morgan fingerprint density at radius 3 is 2.94 bits per heavy atom. The highest BCUT2D eigenvalue weighted by atomic mass is 16.5. The highest BCUT2D eigenvalue weighted by molar-refractivity contribution is 5.85. The van der Waals surface area contributed by atoms with Crippen LogP contribution in [0.2, 0.25) is 0 Å². The van der Waals surface area contributed by atoms with Crippen molar-refractivity contribution in [3.05, 3.63) is 24.0 Å². The van der Waals surface area contributed by atoms with E-state index in [1.54, 1.807) is 6.07 Å². The third kappa shape index (κ3) is 2.99. The standard InChI is InChI=1S/C12H11NO3/c14-12(15)11-6-5-10(8-13-11)16-7-1-2-9-3-4-9/h5-6,8-9H,3-4,7H2,(H,14,15). The normalized spacial score (nSPS) is 13.8. The summed E-state index contributed by atoms with van der Waals surface area (Å²) in [6.07, 6.45) is 3.78. The zero-order valence-corrected chi connectivity index (χ0v) is 8.64. The molecule has 1 aliphatic carbocycles. The third-order valence-corrected chi connectivity index (χ3v) is 2.15. The lowest BCUT2D eigenvalue weighted by Gasteiger charge is -2.00. The maximum absolute atomic E-state index is 10.5. The Morgan fingerprint density at radius 1 is 1.56 bits per heavy atom. The van der Waals surface area contributed by atoms with Gasteiger partial charge in [0.1, 0.15) is 18.1 Å². The fourth-order valence-electron chi connectivity index (χ4n) is 1.13. The molecule has 0 spiro atoms. The minimum atomic E-state index is -1.04. The van der Waals surface area contributed by atoms with Crippen LogP contribution in [-0.4, -0.2) is 22.7 Å². The highest BCUT2D eigenvalue weighted by Crippen LogP contribution is 2.27. The lowest BCUT2D eigenvalue weighted by atomic mass is 10.3. The topological polar surface area (TPSA) is 59.4 Å². The number of rotatable bonds is 3.